The van der Waals surface area contributed by atoms with Crippen molar-refractivity contribution in [2.75, 3.05) is 6.61 Å². The molecule has 0 unspecified atom stereocenters. The third-order valence-corrected chi connectivity index (χ3v) is 11.9. The lowest BCUT2D eigenvalue weighted by atomic mass is 9.55. The summed E-state index contributed by atoms with van der Waals surface area (Å²) >= 11 is 0. The summed E-state index contributed by atoms with van der Waals surface area (Å²) in [4.78, 5) is 14.0. The number of allylic oxidation sites excluding steroid dienone is 1. The van der Waals surface area contributed by atoms with Crippen LogP contribution in [0, 0.1) is 57.7 Å². The number of aliphatic hydroxyl groups excluding tert-OH is 2. The average Bonchev–Trinajstić information content (AvgIpc) is 3.34. The molecule has 3 nitrogen and oxygen atoms in total. The van der Waals surface area contributed by atoms with Gasteiger partial charge in [0.15, 0.2) is 0 Å². The van der Waals surface area contributed by atoms with Gasteiger partial charge in [-0.1, -0.05) is 53.2 Å². The van der Waals surface area contributed by atoms with Crippen molar-refractivity contribution in [3.63, 3.8) is 0 Å². The first-order chi connectivity index (χ1) is 15.4. The van der Waals surface area contributed by atoms with Crippen molar-refractivity contribution in [1.29, 1.82) is 0 Å². The van der Waals surface area contributed by atoms with E-state index >= 15 is 0 Å². The maximum absolute atomic E-state index is 14.0. The minimum Gasteiger partial charge on any atom is -0.396 e. The van der Waals surface area contributed by atoms with Gasteiger partial charge in [0.2, 0.25) is 0 Å². The number of fused-ring (bicyclic) bond motifs is 1. The van der Waals surface area contributed by atoms with Crippen LogP contribution in [0.3, 0.4) is 0 Å². The van der Waals surface area contributed by atoms with E-state index in [0.29, 0.717) is 41.3 Å². The second kappa shape index (κ2) is 8.77. The maximum atomic E-state index is 14.0. The summed E-state index contributed by atoms with van der Waals surface area (Å²) in [6.07, 6.45) is 9.50. The van der Waals surface area contributed by atoms with E-state index in [0.717, 1.165) is 43.9 Å². The molecule has 4 aliphatic carbocycles. The number of carbonyl (C=O) groups is 1. The van der Waals surface area contributed by atoms with E-state index < -0.39 is 0 Å². The third kappa shape index (κ3) is 3.98. The maximum Gasteiger partial charge on any atom is 0.146 e. The van der Waals surface area contributed by atoms with Crippen LogP contribution in [0.25, 0.3) is 0 Å². The molecule has 0 amide bonds. The summed E-state index contributed by atoms with van der Waals surface area (Å²) in [6, 6.07) is 0. The van der Waals surface area contributed by atoms with Gasteiger partial charge in [-0.05, 0) is 105 Å². The molecule has 0 aromatic carbocycles. The molecule has 3 heteroatoms. The van der Waals surface area contributed by atoms with Crippen LogP contribution >= 0.6 is 0 Å². The number of rotatable bonds is 7. The first-order valence-corrected chi connectivity index (χ1v) is 13.9. The number of carbonyl (C=O) groups excluding carboxylic acids is 1. The minimum absolute atomic E-state index is 0.0228. The fraction of sp³-hybridized carbons (Fsp3) is 0.900. The largest absolute Gasteiger partial charge is 0.396 e. The Morgan fingerprint density at radius 2 is 1.76 bits per heavy atom. The van der Waals surface area contributed by atoms with Crippen LogP contribution in [-0.4, -0.2) is 28.7 Å². The van der Waals surface area contributed by atoms with Gasteiger partial charge >= 0.3 is 0 Å². The van der Waals surface area contributed by atoms with Gasteiger partial charge in [-0.25, -0.2) is 0 Å². The Balaban J connectivity index is 1.57. The van der Waals surface area contributed by atoms with Gasteiger partial charge < -0.3 is 10.2 Å². The Labute approximate surface area is 202 Å². The molecule has 0 aromatic heterocycles. The van der Waals surface area contributed by atoms with Crippen LogP contribution in [-0.2, 0) is 4.79 Å². The van der Waals surface area contributed by atoms with Crippen LogP contribution in [0.5, 0.6) is 0 Å². The van der Waals surface area contributed by atoms with E-state index in [9.17, 15) is 15.0 Å². The number of ketones is 1. The summed E-state index contributed by atoms with van der Waals surface area (Å²) in [7, 11) is 0. The molecule has 4 aliphatic rings. The van der Waals surface area contributed by atoms with Gasteiger partial charge in [0.25, 0.3) is 0 Å². The quantitative estimate of drug-likeness (QED) is 0.433. The van der Waals surface area contributed by atoms with Crippen LogP contribution in [0.15, 0.2) is 11.6 Å². The lowest BCUT2D eigenvalue weighted by molar-refractivity contribution is -0.136. The van der Waals surface area contributed by atoms with Crippen LogP contribution in [0.2, 0.25) is 0 Å². The lowest BCUT2D eigenvalue weighted by Gasteiger charge is -2.48. The van der Waals surface area contributed by atoms with Crippen molar-refractivity contribution in [2.24, 2.45) is 57.7 Å². The summed E-state index contributed by atoms with van der Waals surface area (Å²) in [5, 5.41) is 20.3. The molecule has 0 aromatic rings. The van der Waals surface area contributed by atoms with Crippen molar-refractivity contribution in [3.8, 4) is 0 Å². The second-order valence-electron chi connectivity index (χ2n) is 13.6. The summed E-state index contributed by atoms with van der Waals surface area (Å²) in [5.41, 5.74) is 1.27. The van der Waals surface area contributed by atoms with Gasteiger partial charge in [-0.15, -0.1) is 0 Å². The molecule has 3 saturated carbocycles. The predicted molar refractivity (Wildman–Crippen MR) is 135 cm³/mol. The number of aliphatic hydroxyl groups is 2. The molecule has 10 atom stereocenters. The standard InChI is InChI=1S/C30H50O3/c1-18(2)20(4)30(7)17-26(30)19(3)24-10-11-25(29(24,6)14-15-31)23-9-8-21-16-22(32)12-13-28(21,5)27(23)33/h8,18-20,22-26,31-32H,9-17H2,1-7H3/t19-,20+,22-,23-,24+,25-,26+,28-,29+,30+/m0/s1. The first-order valence-electron chi connectivity index (χ1n) is 13.9. The first kappa shape index (κ1) is 25.4. The highest BCUT2D eigenvalue weighted by atomic mass is 16.3. The highest BCUT2D eigenvalue weighted by molar-refractivity contribution is 5.91. The fourth-order valence-corrected chi connectivity index (χ4v) is 9.12. The van der Waals surface area contributed by atoms with E-state index in [1.807, 2.05) is 0 Å². The topological polar surface area (TPSA) is 57.5 Å². The Morgan fingerprint density at radius 3 is 2.39 bits per heavy atom. The highest BCUT2D eigenvalue weighted by Gasteiger charge is 2.62. The van der Waals surface area contributed by atoms with Crippen molar-refractivity contribution in [3.05, 3.63) is 11.6 Å². The zero-order valence-corrected chi connectivity index (χ0v) is 22.4. The number of Topliss-reactive ketones (excluding diaryl/α,β-unsaturated/α-hetero) is 1. The molecule has 4 rings (SSSR count). The normalized spacial score (nSPS) is 47.3. The number of hydrogen-bond acceptors (Lipinski definition) is 3. The average molecular weight is 459 g/mol. The Morgan fingerprint density at radius 1 is 1.06 bits per heavy atom. The van der Waals surface area contributed by atoms with E-state index in [2.05, 4.69) is 54.5 Å². The van der Waals surface area contributed by atoms with E-state index in [-0.39, 0.29) is 29.5 Å². The van der Waals surface area contributed by atoms with Gasteiger partial charge in [0.1, 0.15) is 5.78 Å². The van der Waals surface area contributed by atoms with Crippen LogP contribution < -0.4 is 0 Å². The summed E-state index contributed by atoms with van der Waals surface area (Å²) in [5.74, 6) is 4.30. The Bertz CT molecular complexity index is 785. The van der Waals surface area contributed by atoms with Gasteiger partial charge in [-0.2, -0.15) is 0 Å². The van der Waals surface area contributed by atoms with Crippen molar-refractivity contribution in [1.82, 2.24) is 0 Å². The molecular formula is C30H50O3. The molecule has 0 saturated heterocycles. The van der Waals surface area contributed by atoms with Gasteiger partial charge in [0, 0.05) is 17.9 Å². The minimum atomic E-state index is -0.381. The molecule has 2 N–H and O–H groups in total. The molecule has 0 bridgehead atoms. The van der Waals surface area contributed by atoms with E-state index in [1.165, 1.54) is 18.4 Å². The molecule has 0 heterocycles. The molecule has 3 fully saturated rings. The predicted octanol–water partition coefficient (Wildman–Crippen LogP) is 6.42. The Hall–Kier alpha value is -0.670. The molecular weight excluding hydrogens is 408 g/mol. The van der Waals surface area contributed by atoms with Gasteiger partial charge in [0.05, 0.1) is 6.10 Å². The zero-order valence-electron chi connectivity index (χ0n) is 22.4. The molecule has 33 heavy (non-hydrogen) atoms. The smallest absolute Gasteiger partial charge is 0.146 e. The van der Waals surface area contributed by atoms with E-state index in [1.54, 1.807) is 0 Å². The van der Waals surface area contributed by atoms with Crippen molar-refractivity contribution < 1.29 is 15.0 Å². The van der Waals surface area contributed by atoms with Crippen LogP contribution in [0.4, 0.5) is 0 Å². The SMILES string of the molecule is CC(C)[C@@H](C)[C@@]1(C)C[C@@H]1[C@@H](C)[C@H]1CC[C@@H]([C@@H]2CC=C3C[C@@H](O)CC[C@]3(C)C2=O)[C@]1(C)CCO. The molecule has 0 aliphatic heterocycles. The number of hydrogen-bond donors (Lipinski definition) is 2. The molecule has 0 radical (unpaired) electrons. The second-order valence-corrected chi connectivity index (χ2v) is 13.6. The van der Waals surface area contributed by atoms with E-state index in [4.69, 9.17) is 0 Å². The highest BCUT2D eigenvalue weighted by Crippen LogP contribution is 2.68. The van der Waals surface area contributed by atoms with Crippen LogP contribution in [0.1, 0.15) is 99.8 Å². The summed E-state index contributed by atoms with van der Waals surface area (Å²) in [6.45, 7) is 16.9. The monoisotopic (exact) mass is 458 g/mol. The van der Waals surface area contributed by atoms with Gasteiger partial charge in [-0.3, -0.25) is 4.79 Å². The van der Waals surface area contributed by atoms with Crippen molar-refractivity contribution in [2.45, 2.75) is 106 Å². The third-order valence-electron chi connectivity index (χ3n) is 11.9. The fourth-order valence-electron chi connectivity index (χ4n) is 9.12. The Kier molecular flexibility index (Phi) is 6.76. The summed E-state index contributed by atoms with van der Waals surface area (Å²) < 4.78 is 0. The molecule has 0 spiro atoms. The lowest BCUT2D eigenvalue weighted by Crippen LogP contribution is -2.48. The van der Waals surface area contributed by atoms with Crippen molar-refractivity contribution >= 4 is 5.78 Å². The molecule has 188 valence electrons. The zero-order chi connectivity index (χ0) is 24.3.